The number of hydrogen-bond donors (Lipinski definition) is 1. The zero-order chi connectivity index (χ0) is 21.4. The lowest BCUT2D eigenvalue weighted by Crippen LogP contribution is -2.31. The van der Waals surface area contributed by atoms with Crippen LogP contribution in [-0.2, 0) is 14.8 Å². The first-order valence-electron chi connectivity index (χ1n) is 9.33. The Morgan fingerprint density at radius 1 is 1.14 bits per heavy atom. The highest BCUT2D eigenvalue weighted by molar-refractivity contribution is 7.89. The first-order valence-corrected chi connectivity index (χ1v) is 10.8. The molecule has 2 aromatic rings. The molecule has 1 N–H and O–H groups in total. The van der Waals surface area contributed by atoms with Crippen molar-refractivity contribution in [3.8, 4) is 5.75 Å². The summed E-state index contributed by atoms with van der Waals surface area (Å²) in [5.74, 6) is -0.636. The highest BCUT2D eigenvalue weighted by Gasteiger charge is 2.26. The average Bonchev–Trinajstić information content (AvgIpc) is 2.68. The largest absolute Gasteiger partial charge is 0.492 e. The molecule has 0 heterocycles. The van der Waals surface area contributed by atoms with E-state index in [2.05, 4.69) is 5.32 Å². The molecule has 0 aliphatic heterocycles. The predicted octanol–water partition coefficient (Wildman–Crippen LogP) is 3.91. The number of benzene rings is 2. The molecule has 0 bridgehead atoms. The number of hydrogen-bond acceptors (Lipinski definition) is 4. The van der Waals surface area contributed by atoms with Gasteiger partial charge in [0.1, 0.15) is 16.5 Å². The summed E-state index contributed by atoms with van der Waals surface area (Å²) in [6, 6.07) is 10.3. The summed E-state index contributed by atoms with van der Waals surface area (Å²) < 4.78 is 45.9. The first kappa shape index (κ1) is 22.6. The van der Waals surface area contributed by atoms with E-state index in [9.17, 15) is 17.6 Å². The summed E-state index contributed by atoms with van der Waals surface area (Å²) in [6.07, 6.45) is 2.73. The number of amides is 1. The minimum absolute atomic E-state index is 0.00467. The maximum atomic E-state index is 13.2. The van der Waals surface area contributed by atoms with Gasteiger partial charge < -0.3 is 10.1 Å². The summed E-state index contributed by atoms with van der Waals surface area (Å²) >= 11 is 0. The van der Waals surface area contributed by atoms with Crippen molar-refractivity contribution in [2.45, 2.75) is 25.7 Å². The van der Waals surface area contributed by atoms with Crippen LogP contribution in [0.1, 0.15) is 26.3 Å². The first-order chi connectivity index (χ1) is 13.8. The van der Waals surface area contributed by atoms with E-state index in [1.165, 1.54) is 40.7 Å². The normalized spacial score (nSPS) is 11.8. The van der Waals surface area contributed by atoms with Gasteiger partial charge >= 0.3 is 0 Å². The summed E-state index contributed by atoms with van der Waals surface area (Å²) in [5.41, 5.74) is 0.852. The Bertz CT molecular complexity index is 986. The number of nitrogens with zero attached hydrogens (tertiary/aromatic N) is 1. The van der Waals surface area contributed by atoms with Crippen molar-refractivity contribution in [2.24, 2.45) is 0 Å². The van der Waals surface area contributed by atoms with Crippen LogP contribution >= 0.6 is 0 Å². The molecule has 2 rings (SSSR count). The number of carbonyl (C=O) groups excluding carboxylic acids is 1. The monoisotopic (exact) mass is 420 g/mol. The van der Waals surface area contributed by atoms with Crippen LogP contribution in [-0.4, -0.2) is 38.3 Å². The quantitative estimate of drug-likeness (QED) is 0.624. The maximum absolute atomic E-state index is 13.2. The van der Waals surface area contributed by atoms with Crippen LogP contribution in [0.25, 0.3) is 6.08 Å². The lowest BCUT2D eigenvalue weighted by molar-refractivity contribution is -0.111. The van der Waals surface area contributed by atoms with Crippen molar-refractivity contribution in [3.63, 3.8) is 0 Å². The van der Waals surface area contributed by atoms with Gasteiger partial charge in [0, 0.05) is 24.9 Å². The Morgan fingerprint density at radius 2 is 1.86 bits per heavy atom. The van der Waals surface area contributed by atoms with Crippen LogP contribution in [0, 0.1) is 5.82 Å². The molecule has 2 aromatic carbocycles. The fraction of sp³-hybridized carbons (Fsp3) is 0.286. The Kier molecular flexibility index (Phi) is 7.92. The third-order valence-corrected chi connectivity index (χ3v) is 6.18. The van der Waals surface area contributed by atoms with Gasteiger partial charge in [-0.15, -0.1) is 0 Å². The second-order valence-electron chi connectivity index (χ2n) is 6.06. The van der Waals surface area contributed by atoms with Crippen LogP contribution in [0.15, 0.2) is 53.4 Å². The molecule has 156 valence electrons. The van der Waals surface area contributed by atoms with Gasteiger partial charge in [0.05, 0.1) is 6.61 Å². The highest BCUT2D eigenvalue weighted by Crippen LogP contribution is 2.30. The van der Waals surface area contributed by atoms with Crippen molar-refractivity contribution in [2.75, 3.05) is 25.0 Å². The van der Waals surface area contributed by atoms with Crippen LogP contribution in [0.4, 0.5) is 10.1 Å². The Hall–Kier alpha value is -2.71. The van der Waals surface area contributed by atoms with Gasteiger partial charge in [-0.05, 0) is 48.9 Å². The van der Waals surface area contributed by atoms with E-state index in [1.54, 1.807) is 39.0 Å². The minimum atomic E-state index is -3.78. The number of sulfonamides is 1. The van der Waals surface area contributed by atoms with E-state index in [0.717, 1.165) is 0 Å². The van der Waals surface area contributed by atoms with Crippen molar-refractivity contribution >= 4 is 27.7 Å². The third kappa shape index (κ3) is 5.88. The lowest BCUT2D eigenvalue weighted by Gasteiger charge is -2.21. The number of rotatable bonds is 9. The average molecular weight is 421 g/mol. The SMILES string of the molecule is CCOc1ccc(NC(=O)/C=C/c2cccc(F)c2)cc1S(=O)(=O)N(CC)CC. The zero-order valence-corrected chi connectivity index (χ0v) is 17.5. The Morgan fingerprint density at radius 3 is 2.48 bits per heavy atom. The summed E-state index contributed by atoms with van der Waals surface area (Å²) in [7, 11) is -3.78. The summed E-state index contributed by atoms with van der Waals surface area (Å²) in [4.78, 5) is 12.2. The molecule has 6 nitrogen and oxygen atoms in total. The molecule has 0 aliphatic rings. The molecule has 0 saturated heterocycles. The van der Waals surface area contributed by atoms with Crippen molar-refractivity contribution in [1.82, 2.24) is 4.31 Å². The highest BCUT2D eigenvalue weighted by atomic mass is 32.2. The molecule has 0 aliphatic carbocycles. The van der Waals surface area contributed by atoms with Crippen molar-refractivity contribution < 1.29 is 22.3 Å². The topological polar surface area (TPSA) is 75.7 Å². The second-order valence-corrected chi connectivity index (χ2v) is 7.97. The molecule has 0 atom stereocenters. The van der Waals surface area contributed by atoms with Gasteiger partial charge in [-0.3, -0.25) is 4.79 Å². The number of carbonyl (C=O) groups is 1. The number of nitrogens with one attached hydrogen (secondary N) is 1. The van der Waals surface area contributed by atoms with E-state index in [-0.39, 0.29) is 10.6 Å². The molecule has 0 unspecified atom stereocenters. The van der Waals surface area contributed by atoms with Crippen LogP contribution < -0.4 is 10.1 Å². The van der Waals surface area contributed by atoms with Gasteiger partial charge in [-0.25, -0.2) is 12.8 Å². The molecule has 1 amide bonds. The molecule has 0 spiro atoms. The molecular weight excluding hydrogens is 395 g/mol. The number of ether oxygens (including phenoxy) is 1. The zero-order valence-electron chi connectivity index (χ0n) is 16.7. The second kappa shape index (κ2) is 10.2. The van der Waals surface area contributed by atoms with Gasteiger partial charge in [-0.1, -0.05) is 26.0 Å². The molecular formula is C21H25FN2O4S. The molecule has 8 heteroatoms. The molecule has 0 radical (unpaired) electrons. The van der Waals surface area contributed by atoms with Crippen molar-refractivity contribution in [3.05, 3.63) is 59.9 Å². The van der Waals surface area contributed by atoms with E-state index in [1.807, 2.05) is 0 Å². The van der Waals surface area contributed by atoms with Crippen LogP contribution in [0.5, 0.6) is 5.75 Å². The molecule has 0 aromatic heterocycles. The van der Waals surface area contributed by atoms with Crippen LogP contribution in [0.2, 0.25) is 0 Å². The van der Waals surface area contributed by atoms with Gasteiger partial charge in [-0.2, -0.15) is 4.31 Å². The standard InChI is InChI=1S/C21H25FN2O4S/c1-4-24(5-2)29(26,27)20-15-18(11-12-19(20)28-6-3)23-21(25)13-10-16-8-7-9-17(22)14-16/h7-15H,4-6H2,1-3H3,(H,23,25)/b13-10+. The van der Waals surface area contributed by atoms with Gasteiger partial charge in [0.15, 0.2) is 0 Å². The Balaban J connectivity index is 2.29. The summed E-state index contributed by atoms with van der Waals surface area (Å²) in [6.45, 7) is 6.22. The number of halogens is 1. The lowest BCUT2D eigenvalue weighted by atomic mass is 10.2. The van der Waals surface area contributed by atoms with Crippen LogP contribution in [0.3, 0.4) is 0 Å². The fourth-order valence-corrected chi connectivity index (χ4v) is 4.35. The van der Waals surface area contributed by atoms with Gasteiger partial charge in [0.25, 0.3) is 0 Å². The van der Waals surface area contributed by atoms with E-state index in [0.29, 0.717) is 30.9 Å². The van der Waals surface area contributed by atoms with E-state index in [4.69, 9.17) is 4.74 Å². The fourth-order valence-electron chi connectivity index (χ4n) is 2.73. The Labute approximate surface area is 171 Å². The summed E-state index contributed by atoms with van der Waals surface area (Å²) in [5, 5.41) is 2.63. The predicted molar refractivity (Wildman–Crippen MR) is 112 cm³/mol. The maximum Gasteiger partial charge on any atom is 0.248 e. The minimum Gasteiger partial charge on any atom is -0.492 e. The molecule has 29 heavy (non-hydrogen) atoms. The smallest absolute Gasteiger partial charge is 0.248 e. The molecule has 0 fully saturated rings. The number of anilines is 1. The van der Waals surface area contributed by atoms with E-state index >= 15 is 0 Å². The van der Waals surface area contributed by atoms with Crippen molar-refractivity contribution in [1.29, 1.82) is 0 Å². The van der Waals surface area contributed by atoms with E-state index < -0.39 is 21.7 Å². The van der Waals surface area contributed by atoms with Gasteiger partial charge in [0.2, 0.25) is 15.9 Å². The molecule has 0 saturated carbocycles. The third-order valence-electron chi connectivity index (χ3n) is 4.11.